The fourth-order valence-electron chi connectivity index (χ4n) is 2.26. The molecule has 21 heavy (non-hydrogen) atoms. The van der Waals surface area contributed by atoms with Crippen LogP contribution in [-0.2, 0) is 9.59 Å². The molecule has 5 nitrogen and oxygen atoms in total. The van der Waals surface area contributed by atoms with E-state index in [2.05, 4.69) is 10.6 Å². The number of amides is 1. The first-order valence-corrected chi connectivity index (χ1v) is 8.91. The third-order valence-electron chi connectivity index (χ3n) is 4.35. The number of carbonyl (C=O) groups excluding carboxylic acids is 2. The Morgan fingerprint density at radius 2 is 1.90 bits per heavy atom. The van der Waals surface area contributed by atoms with Gasteiger partial charge in [0, 0.05) is 12.3 Å². The highest BCUT2D eigenvalue weighted by Gasteiger charge is 2.34. The molecule has 0 aromatic heterocycles. The lowest BCUT2D eigenvalue weighted by Crippen LogP contribution is -2.55. The smallest absolute Gasteiger partial charge is 0.237 e. The van der Waals surface area contributed by atoms with Crippen LogP contribution in [0.3, 0.4) is 0 Å². The molecule has 0 bridgehead atoms. The van der Waals surface area contributed by atoms with Crippen LogP contribution < -0.4 is 16.4 Å². The summed E-state index contributed by atoms with van der Waals surface area (Å²) in [6.07, 6.45) is 1.68. The van der Waals surface area contributed by atoms with E-state index in [0.717, 1.165) is 25.1 Å². The molecule has 0 saturated carbocycles. The zero-order valence-corrected chi connectivity index (χ0v) is 14.3. The van der Waals surface area contributed by atoms with E-state index in [9.17, 15) is 9.59 Å². The Kier molecular flexibility index (Phi) is 7.70. The van der Waals surface area contributed by atoms with Crippen molar-refractivity contribution in [2.75, 3.05) is 12.3 Å². The summed E-state index contributed by atoms with van der Waals surface area (Å²) in [5, 5.41) is 5.87. The van der Waals surface area contributed by atoms with Crippen molar-refractivity contribution in [3.05, 3.63) is 0 Å². The average molecular weight is 315 g/mol. The number of hydrogen-bond donors (Lipinski definition) is 3. The number of rotatable bonds is 8. The summed E-state index contributed by atoms with van der Waals surface area (Å²) in [4.78, 5) is 24.9. The lowest BCUT2D eigenvalue weighted by Gasteiger charge is -2.28. The van der Waals surface area contributed by atoms with E-state index in [1.165, 1.54) is 0 Å². The van der Waals surface area contributed by atoms with Gasteiger partial charge in [0.2, 0.25) is 5.91 Å². The molecular weight excluding hydrogens is 286 g/mol. The molecule has 1 saturated heterocycles. The average Bonchev–Trinajstić information content (AvgIpc) is 3.03. The van der Waals surface area contributed by atoms with Gasteiger partial charge < -0.3 is 11.1 Å². The second-order valence-corrected chi connectivity index (χ2v) is 7.10. The molecule has 0 radical (unpaired) electrons. The number of thioether (sulfide) groups is 1. The summed E-state index contributed by atoms with van der Waals surface area (Å²) in [7, 11) is 0. The van der Waals surface area contributed by atoms with Gasteiger partial charge >= 0.3 is 0 Å². The van der Waals surface area contributed by atoms with E-state index in [1.807, 2.05) is 27.7 Å². The Bertz CT molecular complexity index is 359. The van der Waals surface area contributed by atoms with Crippen LogP contribution in [0.2, 0.25) is 0 Å². The number of carbonyl (C=O) groups is 2. The van der Waals surface area contributed by atoms with Crippen molar-refractivity contribution in [3.8, 4) is 0 Å². The molecule has 1 amide bonds. The minimum absolute atomic E-state index is 0.0663. The molecule has 1 aliphatic rings. The lowest BCUT2D eigenvalue weighted by molar-refractivity contribution is -0.130. The first-order valence-electron chi connectivity index (χ1n) is 7.86. The first kappa shape index (κ1) is 18.5. The van der Waals surface area contributed by atoms with Crippen LogP contribution in [0.5, 0.6) is 0 Å². The topological polar surface area (TPSA) is 84.2 Å². The molecule has 4 N–H and O–H groups in total. The van der Waals surface area contributed by atoms with E-state index in [-0.39, 0.29) is 28.9 Å². The summed E-state index contributed by atoms with van der Waals surface area (Å²) in [6, 6.07) is -1.01. The van der Waals surface area contributed by atoms with Gasteiger partial charge in [-0.05, 0) is 11.8 Å². The highest BCUT2D eigenvalue weighted by atomic mass is 32.2. The monoisotopic (exact) mass is 315 g/mol. The Morgan fingerprint density at radius 1 is 1.29 bits per heavy atom. The summed E-state index contributed by atoms with van der Waals surface area (Å²) in [5.41, 5.74) is 5.97. The summed E-state index contributed by atoms with van der Waals surface area (Å²) in [6.45, 7) is 8.83. The zero-order valence-electron chi connectivity index (χ0n) is 13.5. The van der Waals surface area contributed by atoms with Crippen LogP contribution in [0.15, 0.2) is 0 Å². The van der Waals surface area contributed by atoms with E-state index < -0.39 is 12.1 Å². The predicted octanol–water partition coefficient (Wildman–Crippen LogP) is 1.12. The molecule has 1 fully saturated rings. The van der Waals surface area contributed by atoms with Gasteiger partial charge in [-0.1, -0.05) is 40.5 Å². The molecule has 0 aromatic rings. The van der Waals surface area contributed by atoms with Crippen molar-refractivity contribution in [3.63, 3.8) is 0 Å². The number of hydrogen-bond acceptors (Lipinski definition) is 5. The van der Waals surface area contributed by atoms with Gasteiger partial charge in [-0.3, -0.25) is 14.9 Å². The van der Waals surface area contributed by atoms with E-state index in [1.54, 1.807) is 11.8 Å². The Balaban J connectivity index is 2.73. The maximum Gasteiger partial charge on any atom is 0.237 e. The SMILES string of the molecule is CC[C@H](C)[C@H](N)C(=O)N[C@H](C(=O)C1NCCS1)[C@@H](C)CC. The number of nitrogens with one attached hydrogen (secondary N) is 2. The summed E-state index contributed by atoms with van der Waals surface area (Å²) < 4.78 is 0. The molecule has 1 unspecified atom stereocenters. The minimum Gasteiger partial charge on any atom is -0.345 e. The maximum absolute atomic E-state index is 12.6. The fourth-order valence-corrected chi connectivity index (χ4v) is 3.28. The quantitative estimate of drug-likeness (QED) is 0.625. The van der Waals surface area contributed by atoms with Crippen LogP contribution in [0.4, 0.5) is 0 Å². The molecule has 122 valence electrons. The molecule has 1 aliphatic heterocycles. The molecule has 1 rings (SSSR count). The normalized spacial score (nSPS) is 24.1. The highest BCUT2D eigenvalue weighted by molar-refractivity contribution is 8.00. The van der Waals surface area contributed by atoms with Crippen LogP contribution in [0, 0.1) is 11.8 Å². The second-order valence-electron chi connectivity index (χ2n) is 5.89. The van der Waals surface area contributed by atoms with Gasteiger partial charge in [0.05, 0.1) is 12.1 Å². The third kappa shape index (κ3) is 4.97. The van der Waals surface area contributed by atoms with Crippen molar-refractivity contribution in [2.45, 2.75) is 58.0 Å². The van der Waals surface area contributed by atoms with Crippen molar-refractivity contribution in [2.24, 2.45) is 17.6 Å². The lowest BCUT2D eigenvalue weighted by atomic mass is 9.93. The van der Waals surface area contributed by atoms with Crippen molar-refractivity contribution >= 4 is 23.5 Å². The Morgan fingerprint density at radius 3 is 2.38 bits per heavy atom. The Labute approximate surface area is 132 Å². The van der Waals surface area contributed by atoms with Gasteiger partial charge in [-0.15, -0.1) is 11.8 Å². The Hall–Kier alpha value is -0.590. The molecule has 0 aliphatic carbocycles. The van der Waals surface area contributed by atoms with Crippen LogP contribution >= 0.6 is 11.8 Å². The van der Waals surface area contributed by atoms with Gasteiger partial charge in [0.15, 0.2) is 5.78 Å². The largest absolute Gasteiger partial charge is 0.345 e. The van der Waals surface area contributed by atoms with E-state index in [0.29, 0.717) is 0 Å². The maximum atomic E-state index is 12.6. The van der Waals surface area contributed by atoms with Gasteiger partial charge in [-0.25, -0.2) is 0 Å². The molecular formula is C15H29N3O2S. The van der Waals surface area contributed by atoms with Crippen LogP contribution in [0.1, 0.15) is 40.5 Å². The predicted molar refractivity (Wildman–Crippen MR) is 88.1 cm³/mol. The minimum atomic E-state index is -0.557. The summed E-state index contributed by atoms with van der Waals surface area (Å²) in [5.74, 6) is 0.997. The van der Waals surface area contributed by atoms with Crippen LogP contribution in [-0.4, -0.2) is 41.4 Å². The van der Waals surface area contributed by atoms with Gasteiger partial charge in [0.1, 0.15) is 5.37 Å². The molecule has 5 atom stereocenters. The molecule has 6 heteroatoms. The zero-order chi connectivity index (χ0) is 16.0. The molecule has 0 spiro atoms. The highest BCUT2D eigenvalue weighted by Crippen LogP contribution is 2.20. The number of Topliss-reactive ketones (excluding diaryl/α,β-unsaturated/α-hetero) is 1. The third-order valence-corrected chi connectivity index (χ3v) is 5.52. The van der Waals surface area contributed by atoms with Gasteiger partial charge in [-0.2, -0.15) is 0 Å². The van der Waals surface area contributed by atoms with E-state index in [4.69, 9.17) is 5.73 Å². The summed E-state index contributed by atoms with van der Waals surface area (Å²) >= 11 is 1.61. The molecule has 1 heterocycles. The van der Waals surface area contributed by atoms with Crippen molar-refractivity contribution in [1.82, 2.24) is 10.6 Å². The standard InChI is InChI=1S/C15H29N3O2S/c1-5-9(3)11(16)14(20)18-12(10(4)6-2)13(19)15-17-7-8-21-15/h9-12,15,17H,5-8,16H2,1-4H3,(H,18,20)/t9-,10-,11-,12-,15?/m0/s1. The number of nitrogens with two attached hydrogens (primary N) is 1. The fraction of sp³-hybridized carbons (Fsp3) is 0.867. The van der Waals surface area contributed by atoms with Crippen molar-refractivity contribution in [1.29, 1.82) is 0 Å². The van der Waals surface area contributed by atoms with E-state index >= 15 is 0 Å². The van der Waals surface area contributed by atoms with Crippen LogP contribution in [0.25, 0.3) is 0 Å². The number of ketones is 1. The first-order chi connectivity index (χ1) is 9.92. The second kappa shape index (κ2) is 8.76. The molecule has 0 aromatic carbocycles. The van der Waals surface area contributed by atoms with Gasteiger partial charge in [0.25, 0.3) is 0 Å². The van der Waals surface area contributed by atoms with Crippen molar-refractivity contribution < 1.29 is 9.59 Å².